The molecule has 30 heavy (non-hydrogen) atoms. The number of nitrogens with zero attached hydrogens (tertiary/aromatic N) is 3. The second-order valence-electron chi connectivity index (χ2n) is 7.36. The maximum absolute atomic E-state index is 12.4. The zero-order valence-electron chi connectivity index (χ0n) is 18.7. The van der Waals surface area contributed by atoms with Crippen LogP contribution in [0.2, 0.25) is 0 Å². The normalized spacial score (nSPS) is 18.6. The molecule has 8 heteroatoms. The lowest BCUT2D eigenvalue weighted by Gasteiger charge is -2.21. The summed E-state index contributed by atoms with van der Waals surface area (Å²) >= 11 is 0. The van der Waals surface area contributed by atoms with Gasteiger partial charge in [-0.15, -0.1) is 24.0 Å². The molecule has 7 nitrogen and oxygen atoms in total. The van der Waals surface area contributed by atoms with Crippen LogP contribution in [-0.4, -0.2) is 67.5 Å². The molecule has 1 fully saturated rings. The van der Waals surface area contributed by atoms with Crippen LogP contribution in [0.15, 0.2) is 29.3 Å². The minimum Gasteiger partial charge on any atom is -0.469 e. The fourth-order valence-electron chi connectivity index (χ4n) is 3.64. The Morgan fingerprint density at radius 3 is 2.33 bits per heavy atom. The predicted molar refractivity (Wildman–Crippen MR) is 130 cm³/mol. The van der Waals surface area contributed by atoms with Crippen LogP contribution in [-0.2, 0) is 16.1 Å². The van der Waals surface area contributed by atoms with Gasteiger partial charge in [-0.05, 0) is 44.4 Å². The van der Waals surface area contributed by atoms with Crippen LogP contribution in [0.1, 0.15) is 43.6 Å². The Hall–Kier alpha value is -1.84. The molecule has 1 aromatic rings. The van der Waals surface area contributed by atoms with Crippen LogP contribution in [0.5, 0.6) is 0 Å². The third kappa shape index (κ3) is 6.58. The SMILES string of the molecule is CCNC(=NCc1ccc(C(=O)N(CC)CC)cc1)N1CC(C)C(C(=O)OC)C1.I. The Morgan fingerprint density at radius 2 is 1.80 bits per heavy atom. The maximum atomic E-state index is 12.4. The number of carbonyl (C=O) groups excluding carboxylic acids is 2. The van der Waals surface area contributed by atoms with Gasteiger partial charge in [-0.25, -0.2) is 4.99 Å². The minimum atomic E-state index is -0.163. The van der Waals surface area contributed by atoms with Crippen molar-refractivity contribution in [1.82, 2.24) is 15.1 Å². The first kappa shape index (κ1) is 26.2. The number of nitrogens with one attached hydrogen (secondary N) is 1. The number of halogens is 1. The van der Waals surface area contributed by atoms with E-state index in [0.29, 0.717) is 31.7 Å². The summed E-state index contributed by atoms with van der Waals surface area (Å²) in [4.78, 5) is 33.1. The van der Waals surface area contributed by atoms with Crippen LogP contribution in [0.4, 0.5) is 0 Å². The molecule has 0 spiro atoms. The highest BCUT2D eigenvalue weighted by Gasteiger charge is 2.36. The molecule has 1 aliphatic rings. The van der Waals surface area contributed by atoms with Crippen molar-refractivity contribution in [2.24, 2.45) is 16.8 Å². The number of methoxy groups -OCH3 is 1. The maximum Gasteiger partial charge on any atom is 0.310 e. The van der Waals surface area contributed by atoms with Crippen LogP contribution < -0.4 is 5.32 Å². The van der Waals surface area contributed by atoms with Gasteiger partial charge in [-0.1, -0.05) is 19.1 Å². The Balaban J connectivity index is 0.00000450. The molecule has 0 aromatic heterocycles. The number of likely N-dealkylation sites (tertiary alicyclic amines) is 1. The number of benzene rings is 1. The molecule has 0 radical (unpaired) electrons. The van der Waals surface area contributed by atoms with Gasteiger partial charge >= 0.3 is 5.97 Å². The second-order valence-corrected chi connectivity index (χ2v) is 7.36. The molecule has 2 unspecified atom stereocenters. The van der Waals surface area contributed by atoms with Gasteiger partial charge in [0.2, 0.25) is 0 Å². The molecule has 1 heterocycles. The van der Waals surface area contributed by atoms with E-state index < -0.39 is 0 Å². The van der Waals surface area contributed by atoms with Gasteiger partial charge in [0.1, 0.15) is 0 Å². The van der Waals surface area contributed by atoms with Crippen LogP contribution in [0, 0.1) is 11.8 Å². The number of aliphatic imine (C=N–C) groups is 1. The van der Waals surface area contributed by atoms with Crippen molar-refractivity contribution in [3.63, 3.8) is 0 Å². The Bertz CT molecular complexity index is 720. The lowest BCUT2D eigenvalue weighted by molar-refractivity contribution is -0.145. The third-order valence-corrected chi connectivity index (χ3v) is 5.41. The highest BCUT2D eigenvalue weighted by atomic mass is 127. The number of guanidine groups is 1. The summed E-state index contributed by atoms with van der Waals surface area (Å²) in [5.41, 5.74) is 1.73. The zero-order chi connectivity index (χ0) is 21.4. The van der Waals surface area contributed by atoms with Gasteiger partial charge in [0.25, 0.3) is 5.91 Å². The Labute approximate surface area is 197 Å². The monoisotopic (exact) mass is 530 g/mol. The second kappa shape index (κ2) is 12.8. The number of esters is 1. The summed E-state index contributed by atoms with van der Waals surface area (Å²) in [6.45, 7) is 12.1. The van der Waals surface area contributed by atoms with Gasteiger partial charge in [0, 0.05) is 38.3 Å². The van der Waals surface area contributed by atoms with Gasteiger partial charge in [-0.3, -0.25) is 9.59 Å². The van der Waals surface area contributed by atoms with E-state index in [1.165, 1.54) is 7.11 Å². The molecule has 1 amide bonds. The lowest BCUT2D eigenvalue weighted by Crippen LogP contribution is -2.40. The van der Waals surface area contributed by atoms with E-state index >= 15 is 0 Å². The molecule has 1 aliphatic heterocycles. The summed E-state index contributed by atoms with van der Waals surface area (Å²) in [6, 6.07) is 7.63. The van der Waals surface area contributed by atoms with Gasteiger partial charge in [0.05, 0.1) is 19.6 Å². The van der Waals surface area contributed by atoms with Gasteiger partial charge in [0.15, 0.2) is 5.96 Å². The fraction of sp³-hybridized carbons (Fsp3) is 0.591. The summed E-state index contributed by atoms with van der Waals surface area (Å²) in [5.74, 6) is 0.780. The summed E-state index contributed by atoms with van der Waals surface area (Å²) in [6.07, 6.45) is 0. The number of hydrogen-bond donors (Lipinski definition) is 1. The standard InChI is InChI=1S/C22H34N4O3.HI/c1-6-23-22(26-14-16(4)19(15-26)21(28)29-5)24-13-17-9-11-18(12-10-17)20(27)25(7-2)8-3;/h9-12,16,19H,6-8,13-15H2,1-5H3,(H,23,24);1H. The van der Waals surface area contributed by atoms with E-state index in [-0.39, 0.29) is 47.7 Å². The highest BCUT2D eigenvalue weighted by molar-refractivity contribution is 14.0. The molecular weight excluding hydrogens is 495 g/mol. The first-order valence-corrected chi connectivity index (χ1v) is 10.4. The van der Waals surface area contributed by atoms with Crippen LogP contribution in [0.3, 0.4) is 0 Å². The molecule has 1 N–H and O–H groups in total. The van der Waals surface area contributed by atoms with E-state index in [1.54, 1.807) is 0 Å². The molecule has 0 bridgehead atoms. The highest BCUT2D eigenvalue weighted by Crippen LogP contribution is 2.24. The fourth-order valence-corrected chi connectivity index (χ4v) is 3.64. The third-order valence-electron chi connectivity index (χ3n) is 5.41. The molecular formula is C22H35IN4O3. The largest absolute Gasteiger partial charge is 0.469 e. The van der Waals surface area contributed by atoms with E-state index in [2.05, 4.69) is 17.1 Å². The van der Waals surface area contributed by atoms with Crippen molar-refractivity contribution >= 4 is 41.8 Å². The Kier molecular flexibility index (Phi) is 11.1. The summed E-state index contributed by atoms with van der Waals surface area (Å²) < 4.78 is 4.93. The van der Waals surface area contributed by atoms with E-state index in [9.17, 15) is 9.59 Å². The quantitative estimate of drug-likeness (QED) is 0.254. The van der Waals surface area contributed by atoms with Crippen molar-refractivity contribution in [2.75, 3.05) is 39.8 Å². The van der Waals surface area contributed by atoms with Crippen molar-refractivity contribution in [3.05, 3.63) is 35.4 Å². The first-order valence-electron chi connectivity index (χ1n) is 10.4. The lowest BCUT2D eigenvalue weighted by atomic mass is 9.99. The molecule has 2 atom stereocenters. The molecule has 1 aromatic carbocycles. The Morgan fingerprint density at radius 1 is 1.17 bits per heavy atom. The molecule has 0 saturated carbocycles. The number of amides is 1. The summed E-state index contributed by atoms with van der Waals surface area (Å²) in [7, 11) is 1.44. The van der Waals surface area contributed by atoms with E-state index in [1.807, 2.05) is 49.9 Å². The molecule has 1 saturated heterocycles. The topological polar surface area (TPSA) is 74.2 Å². The average Bonchev–Trinajstić information content (AvgIpc) is 3.13. The van der Waals surface area contributed by atoms with Crippen molar-refractivity contribution < 1.29 is 14.3 Å². The molecule has 168 valence electrons. The molecule has 2 rings (SSSR count). The smallest absolute Gasteiger partial charge is 0.310 e. The molecule has 0 aliphatic carbocycles. The van der Waals surface area contributed by atoms with Gasteiger partial charge < -0.3 is 19.9 Å². The minimum absolute atomic E-state index is 0. The predicted octanol–water partition coefficient (Wildman–Crippen LogP) is 2.99. The van der Waals surface area contributed by atoms with Crippen molar-refractivity contribution in [3.8, 4) is 0 Å². The summed E-state index contributed by atoms with van der Waals surface area (Å²) in [5, 5.41) is 3.32. The van der Waals surface area contributed by atoms with Gasteiger partial charge in [-0.2, -0.15) is 0 Å². The first-order chi connectivity index (χ1) is 13.9. The van der Waals surface area contributed by atoms with E-state index in [4.69, 9.17) is 9.73 Å². The zero-order valence-corrected chi connectivity index (χ0v) is 21.0. The average molecular weight is 530 g/mol. The number of carbonyl (C=O) groups is 2. The number of rotatable bonds is 7. The number of hydrogen-bond acceptors (Lipinski definition) is 4. The number of ether oxygens (including phenoxy) is 1. The van der Waals surface area contributed by atoms with E-state index in [0.717, 1.165) is 24.6 Å². The van der Waals surface area contributed by atoms with Crippen LogP contribution >= 0.6 is 24.0 Å². The van der Waals surface area contributed by atoms with Crippen molar-refractivity contribution in [1.29, 1.82) is 0 Å². The van der Waals surface area contributed by atoms with Crippen LogP contribution in [0.25, 0.3) is 0 Å². The van der Waals surface area contributed by atoms with Crippen molar-refractivity contribution in [2.45, 2.75) is 34.2 Å².